The molecular formula is C20H21ClFN3O2. The highest BCUT2D eigenvalue weighted by atomic mass is 35.5. The third-order valence-electron chi connectivity index (χ3n) is 4.58. The van der Waals surface area contributed by atoms with Crippen LogP contribution in [-0.4, -0.2) is 49.3 Å². The number of carbonyl (C=O) groups excluding carboxylic acids is 2. The van der Waals surface area contributed by atoms with Gasteiger partial charge in [-0.2, -0.15) is 0 Å². The van der Waals surface area contributed by atoms with Crippen molar-refractivity contribution in [3.05, 3.63) is 58.9 Å². The van der Waals surface area contributed by atoms with Crippen molar-refractivity contribution in [2.75, 3.05) is 42.9 Å². The number of carbonyl (C=O) groups is 2. The molecule has 1 aliphatic rings. The predicted octanol–water partition coefficient (Wildman–Crippen LogP) is 3.44. The van der Waals surface area contributed by atoms with Gasteiger partial charge in [0, 0.05) is 42.5 Å². The summed E-state index contributed by atoms with van der Waals surface area (Å²) in [4.78, 5) is 27.8. The molecule has 1 amide bonds. The van der Waals surface area contributed by atoms with Crippen LogP contribution in [0.5, 0.6) is 0 Å². The van der Waals surface area contributed by atoms with Gasteiger partial charge in [-0.25, -0.2) is 4.39 Å². The number of nitrogens with zero attached hydrogens (tertiary/aromatic N) is 2. The summed E-state index contributed by atoms with van der Waals surface area (Å²) in [5, 5.41) is 2.94. The molecular weight excluding hydrogens is 369 g/mol. The molecule has 0 aromatic heterocycles. The minimum atomic E-state index is -0.508. The molecule has 0 saturated carbocycles. The zero-order chi connectivity index (χ0) is 19.4. The lowest BCUT2D eigenvalue weighted by atomic mass is 10.1. The average Bonchev–Trinajstić information content (AvgIpc) is 2.65. The fourth-order valence-corrected chi connectivity index (χ4v) is 3.23. The highest BCUT2D eigenvalue weighted by molar-refractivity contribution is 6.30. The molecule has 3 rings (SSSR count). The van der Waals surface area contributed by atoms with Crippen LogP contribution in [0, 0.1) is 5.82 Å². The molecule has 0 radical (unpaired) electrons. The van der Waals surface area contributed by atoms with Crippen LogP contribution in [-0.2, 0) is 4.79 Å². The number of hydrogen-bond acceptors (Lipinski definition) is 4. The first-order chi connectivity index (χ1) is 12.9. The summed E-state index contributed by atoms with van der Waals surface area (Å²) in [6.07, 6.45) is 0. The summed E-state index contributed by atoms with van der Waals surface area (Å²) in [5.41, 5.74) is 1.85. The molecule has 7 heteroatoms. The summed E-state index contributed by atoms with van der Waals surface area (Å²) in [7, 11) is 0. The van der Waals surface area contributed by atoms with Crippen molar-refractivity contribution in [3.8, 4) is 0 Å². The molecule has 0 spiro atoms. The summed E-state index contributed by atoms with van der Waals surface area (Å²) in [5.74, 6) is -0.726. The normalized spacial score (nSPS) is 14.9. The smallest absolute Gasteiger partial charge is 0.238 e. The highest BCUT2D eigenvalue weighted by Gasteiger charge is 2.20. The number of amides is 1. The van der Waals surface area contributed by atoms with Gasteiger partial charge in [-0.05, 0) is 49.4 Å². The van der Waals surface area contributed by atoms with Gasteiger partial charge in [0.25, 0.3) is 0 Å². The van der Waals surface area contributed by atoms with Crippen LogP contribution < -0.4 is 10.2 Å². The van der Waals surface area contributed by atoms with E-state index in [0.717, 1.165) is 31.9 Å². The molecule has 1 heterocycles. The van der Waals surface area contributed by atoms with Crippen molar-refractivity contribution in [2.45, 2.75) is 6.92 Å². The zero-order valence-electron chi connectivity index (χ0n) is 15.0. The van der Waals surface area contributed by atoms with Crippen LogP contribution >= 0.6 is 11.6 Å². The van der Waals surface area contributed by atoms with Crippen molar-refractivity contribution in [1.82, 2.24) is 4.90 Å². The topological polar surface area (TPSA) is 52.7 Å². The second kappa shape index (κ2) is 8.50. The minimum Gasteiger partial charge on any atom is -0.369 e. The Morgan fingerprint density at radius 3 is 2.37 bits per heavy atom. The Labute approximate surface area is 162 Å². The largest absolute Gasteiger partial charge is 0.369 e. The van der Waals surface area contributed by atoms with E-state index in [0.29, 0.717) is 10.6 Å². The van der Waals surface area contributed by atoms with Crippen LogP contribution in [0.25, 0.3) is 0 Å². The molecule has 0 unspecified atom stereocenters. The number of piperazine rings is 1. The number of anilines is 2. The third-order valence-corrected chi connectivity index (χ3v) is 4.82. The van der Waals surface area contributed by atoms with E-state index >= 15 is 0 Å². The van der Waals surface area contributed by atoms with Gasteiger partial charge < -0.3 is 10.2 Å². The SMILES string of the molecule is CC(=O)c1ccc(N2CCN(CC(=O)Nc3cc(Cl)ccc3F)CC2)cc1. The van der Waals surface area contributed by atoms with Gasteiger partial charge in [-0.3, -0.25) is 14.5 Å². The van der Waals surface area contributed by atoms with Crippen molar-refractivity contribution in [3.63, 3.8) is 0 Å². The van der Waals surface area contributed by atoms with Crippen LogP contribution in [0.1, 0.15) is 17.3 Å². The molecule has 5 nitrogen and oxygen atoms in total. The molecule has 27 heavy (non-hydrogen) atoms. The van der Waals surface area contributed by atoms with E-state index < -0.39 is 5.82 Å². The molecule has 1 N–H and O–H groups in total. The summed E-state index contributed by atoms with van der Waals surface area (Å²) in [6.45, 7) is 4.74. The van der Waals surface area contributed by atoms with Gasteiger partial charge in [0.15, 0.2) is 5.78 Å². The molecule has 1 fully saturated rings. The standard InChI is InChI=1S/C20H21ClFN3O2/c1-14(26)15-2-5-17(6-3-15)25-10-8-24(9-11-25)13-20(27)23-19-12-16(21)4-7-18(19)22/h2-7,12H,8-11,13H2,1H3,(H,23,27). The van der Waals surface area contributed by atoms with Crippen LogP contribution in [0.2, 0.25) is 5.02 Å². The second-order valence-electron chi connectivity index (χ2n) is 6.54. The molecule has 2 aromatic rings. The van der Waals surface area contributed by atoms with Gasteiger partial charge in [-0.15, -0.1) is 0 Å². The van der Waals surface area contributed by atoms with E-state index in [1.807, 2.05) is 29.2 Å². The zero-order valence-corrected chi connectivity index (χ0v) is 15.8. The summed E-state index contributed by atoms with van der Waals surface area (Å²) in [6, 6.07) is 11.6. The van der Waals surface area contributed by atoms with Crippen molar-refractivity contribution in [1.29, 1.82) is 0 Å². The first kappa shape index (κ1) is 19.3. The molecule has 0 bridgehead atoms. The first-order valence-corrected chi connectivity index (χ1v) is 9.13. The quantitative estimate of drug-likeness (QED) is 0.796. The maximum Gasteiger partial charge on any atom is 0.238 e. The molecule has 1 saturated heterocycles. The molecule has 1 aliphatic heterocycles. The maximum atomic E-state index is 13.7. The van der Waals surface area contributed by atoms with E-state index in [9.17, 15) is 14.0 Å². The first-order valence-electron chi connectivity index (χ1n) is 8.75. The van der Waals surface area contributed by atoms with Crippen LogP contribution in [0.15, 0.2) is 42.5 Å². The Morgan fingerprint density at radius 2 is 1.74 bits per heavy atom. The summed E-state index contributed by atoms with van der Waals surface area (Å²) < 4.78 is 13.7. The number of ketones is 1. The Balaban J connectivity index is 1.51. The Morgan fingerprint density at radius 1 is 1.07 bits per heavy atom. The lowest BCUT2D eigenvalue weighted by molar-refractivity contribution is -0.117. The third kappa shape index (κ3) is 5.05. The van der Waals surface area contributed by atoms with E-state index in [4.69, 9.17) is 11.6 Å². The monoisotopic (exact) mass is 389 g/mol. The van der Waals surface area contributed by atoms with Gasteiger partial charge in [-0.1, -0.05) is 11.6 Å². The van der Waals surface area contributed by atoms with Gasteiger partial charge in [0.2, 0.25) is 5.91 Å². The lowest BCUT2D eigenvalue weighted by Crippen LogP contribution is -2.48. The average molecular weight is 390 g/mol. The number of rotatable bonds is 5. The van der Waals surface area contributed by atoms with Crippen LogP contribution in [0.3, 0.4) is 0 Å². The predicted molar refractivity (Wildman–Crippen MR) is 105 cm³/mol. The summed E-state index contributed by atoms with van der Waals surface area (Å²) >= 11 is 5.84. The Kier molecular flexibility index (Phi) is 6.08. The minimum absolute atomic E-state index is 0.0496. The lowest BCUT2D eigenvalue weighted by Gasteiger charge is -2.35. The van der Waals surface area contributed by atoms with Crippen molar-refractivity contribution < 1.29 is 14.0 Å². The Bertz CT molecular complexity index is 834. The van der Waals surface area contributed by atoms with E-state index in [1.165, 1.54) is 18.2 Å². The second-order valence-corrected chi connectivity index (χ2v) is 6.98. The fourth-order valence-electron chi connectivity index (χ4n) is 3.06. The number of halogens is 2. The number of hydrogen-bond donors (Lipinski definition) is 1. The van der Waals surface area contributed by atoms with E-state index in [2.05, 4.69) is 10.2 Å². The maximum absolute atomic E-state index is 13.7. The number of nitrogens with one attached hydrogen (secondary N) is 1. The van der Waals surface area contributed by atoms with E-state index in [1.54, 1.807) is 6.92 Å². The highest BCUT2D eigenvalue weighted by Crippen LogP contribution is 2.20. The molecule has 0 aliphatic carbocycles. The number of Topliss-reactive ketones (excluding diaryl/α,β-unsaturated/α-hetero) is 1. The van der Waals surface area contributed by atoms with Gasteiger partial charge >= 0.3 is 0 Å². The van der Waals surface area contributed by atoms with Gasteiger partial charge in [0.1, 0.15) is 5.82 Å². The molecule has 142 valence electrons. The fraction of sp³-hybridized carbons (Fsp3) is 0.300. The van der Waals surface area contributed by atoms with Crippen LogP contribution in [0.4, 0.5) is 15.8 Å². The van der Waals surface area contributed by atoms with E-state index in [-0.39, 0.29) is 23.9 Å². The molecule has 2 aromatic carbocycles. The van der Waals surface area contributed by atoms with Crippen molar-refractivity contribution >= 4 is 34.7 Å². The van der Waals surface area contributed by atoms with Gasteiger partial charge in [0.05, 0.1) is 12.2 Å². The Hall–Kier alpha value is -2.44. The number of benzene rings is 2. The molecule has 0 atom stereocenters. The van der Waals surface area contributed by atoms with Crippen molar-refractivity contribution in [2.24, 2.45) is 0 Å².